The Hall–Kier alpha value is -1.75. The number of rotatable bonds is 3. The van der Waals surface area contributed by atoms with Crippen molar-refractivity contribution in [3.63, 3.8) is 0 Å². The molecule has 5 nitrogen and oxygen atoms in total. The van der Waals surface area contributed by atoms with Crippen molar-refractivity contribution in [2.45, 2.75) is 13.0 Å². The summed E-state index contributed by atoms with van der Waals surface area (Å²) in [5.41, 5.74) is 1.98. The maximum Gasteiger partial charge on any atom is 0.240 e. The molecule has 19 heavy (non-hydrogen) atoms. The van der Waals surface area contributed by atoms with Gasteiger partial charge in [0, 0.05) is 25.7 Å². The Morgan fingerprint density at radius 3 is 3.00 bits per heavy atom. The molecule has 0 bridgehead atoms. The Labute approximate surface area is 112 Å². The van der Waals surface area contributed by atoms with Gasteiger partial charge >= 0.3 is 0 Å². The summed E-state index contributed by atoms with van der Waals surface area (Å²) in [6, 6.07) is 4.02. The van der Waals surface area contributed by atoms with Crippen LogP contribution in [-0.4, -0.2) is 48.3 Å². The average Bonchev–Trinajstić information content (AvgIpc) is 2.56. The molecule has 2 aromatic rings. The lowest BCUT2D eigenvalue weighted by molar-refractivity contribution is 0.281. The van der Waals surface area contributed by atoms with Gasteiger partial charge in [0.15, 0.2) is 0 Å². The van der Waals surface area contributed by atoms with Crippen LogP contribution in [0.15, 0.2) is 18.3 Å². The highest BCUT2D eigenvalue weighted by Gasteiger charge is 2.22. The van der Waals surface area contributed by atoms with E-state index in [1.807, 2.05) is 6.07 Å². The summed E-state index contributed by atoms with van der Waals surface area (Å²) in [6.45, 7) is 3.21. The van der Waals surface area contributed by atoms with Crippen molar-refractivity contribution >= 4 is 11.0 Å². The van der Waals surface area contributed by atoms with Gasteiger partial charge in [-0.15, -0.1) is 0 Å². The zero-order valence-corrected chi connectivity index (χ0v) is 11.4. The van der Waals surface area contributed by atoms with Gasteiger partial charge < -0.3 is 18.9 Å². The molecule has 5 heteroatoms. The van der Waals surface area contributed by atoms with Gasteiger partial charge in [-0.25, -0.2) is 0 Å². The third kappa shape index (κ3) is 2.26. The van der Waals surface area contributed by atoms with Crippen LogP contribution >= 0.6 is 0 Å². The van der Waals surface area contributed by atoms with Crippen LogP contribution in [0.25, 0.3) is 11.0 Å². The van der Waals surface area contributed by atoms with E-state index < -0.39 is 0 Å². The summed E-state index contributed by atoms with van der Waals surface area (Å²) in [6.07, 6.45) is 2.71. The molecule has 0 aliphatic carbocycles. The van der Waals surface area contributed by atoms with Crippen LogP contribution in [0.3, 0.4) is 0 Å². The third-order valence-corrected chi connectivity index (χ3v) is 3.28. The molecule has 0 aromatic carbocycles. The molecule has 1 aliphatic rings. The van der Waals surface area contributed by atoms with E-state index in [1.165, 1.54) is 0 Å². The van der Waals surface area contributed by atoms with Gasteiger partial charge in [-0.3, -0.25) is 4.98 Å². The first-order chi connectivity index (χ1) is 9.27. The van der Waals surface area contributed by atoms with Crippen LogP contribution in [0.1, 0.15) is 6.42 Å². The minimum atomic E-state index is 0.691. The Bertz CT molecular complexity index is 577. The molecule has 0 saturated carbocycles. The van der Waals surface area contributed by atoms with Gasteiger partial charge in [0.2, 0.25) is 11.6 Å². The highest BCUT2D eigenvalue weighted by Crippen LogP contribution is 2.39. The minimum absolute atomic E-state index is 0.691. The minimum Gasteiger partial charge on any atom is -0.486 e. The van der Waals surface area contributed by atoms with E-state index in [2.05, 4.69) is 34.6 Å². The molecule has 2 aromatic heterocycles. The normalized spacial score (nSPS) is 14.9. The molecule has 0 atom stereocenters. The summed E-state index contributed by atoms with van der Waals surface area (Å²) < 4.78 is 13.9. The van der Waals surface area contributed by atoms with E-state index in [4.69, 9.17) is 9.47 Å². The Kier molecular flexibility index (Phi) is 3.29. The van der Waals surface area contributed by atoms with Crippen molar-refractivity contribution in [1.29, 1.82) is 0 Å². The largest absolute Gasteiger partial charge is 0.486 e. The molecule has 0 fully saturated rings. The van der Waals surface area contributed by atoms with Gasteiger partial charge in [-0.05, 0) is 26.2 Å². The Morgan fingerprint density at radius 2 is 2.16 bits per heavy atom. The summed E-state index contributed by atoms with van der Waals surface area (Å²) in [4.78, 5) is 6.60. The van der Waals surface area contributed by atoms with Crippen molar-refractivity contribution in [3.05, 3.63) is 18.3 Å². The SMILES string of the molecule is CN(C)CCn1c2c(c3ncccc31)OCCCO2. The van der Waals surface area contributed by atoms with E-state index in [-0.39, 0.29) is 0 Å². The standard InChI is InChI=1S/C14H19N3O2/c1-16(2)7-8-17-11-5-3-6-15-12(11)13-14(17)19-10-4-9-18-13/h3,5-6H,4,7-10H2,1-2H3. The highest BCUT2D eigenvalue weighted by molar-refractivity contribution is 5.86. The van der Waals surface area contributed by atoms with Crippen molar-refractivity contribution in [2.24, 2.45) is 0 Å². The Morgan fingerprint density at radius 1 is 1.32 bits per heavy atom. The molecule has 0 radical (unpaired) electrons. The van der Waals surface area contributed by atoms with Crippen LogP contribution < -0.4 is 9.47 Å². The van der Waals surface area contributed by atoms with Crippen LogP contribution in [0.5, 0.6) is 11.6 Å². The first-order valence-corrected chi connectivity index (χ1v) is 6.65. The lowest BCUT2D eigenvalue weighted by Gasteiger charge is -2.13. The van der Waals surface area contributed by atoms with Crippen molar-refractivity contribution in [1.82, 2.24) is 14.5 Å². The maximum atomic E-state index is 5.88. The fourth-order valence-electron chi connectivity index (χ4n) is 2.32. The molecule has 1 aliphatic heterocycles. The average molecular weight is 261 g/mol. The molecule has 0 spiro atoms. The number of hydrogen-bond donors (Lipinski definition) is 0. The molecular weight excluding hydrogens is 242 g/mol. The molecule has 0 N–H and O–H groups in total. The van der Waals surface area contributed by atoms with Crippen LogP contribution in [-0.2, 0) is 6.54 Å². The summed E-state index contributed by atoms with van der Waals surface area (Å²) in [5.74, 6) is 1.62. The highest BCUT2D eigenvalue weighted by atomic mass is 16.5. The first kappa shape index (κ1) is 12.3. The van der Waals surface area contributed by atoms with Gasteiger partial charge in [0.25, 0.3) is 0 Å². The van der Waals surface area contributed by atoms with E-state index in [0.717, 1.165) is 42.2 Å². The molecule has 3 rings (SSSR count). The first-order valence-electron chi connectivity index (χ1n) is 6.65. The second kappa shape index (κ2) is 5.09. The second-order valence-corrected chi connectivity index (χ2v) is 5.01. The number of aromatic nitrogens is 2. The van der Waals surface area contributed by atoms with Crippen LogP contribution in [0, 0.1) is 0 Å². The lowest BCUT2D eigenvalue weighted by Crippen LogP contribution is -2.19. The fourth-order valence-corrected chi connectivity index (χ4v) is 2.32. The summed E-state index contributed by atoms with van der Waals surface area (Å²) >= 11 is 0. The zero-order valence-electron chi connectivity index (χ0n) is 11.4. The Balaban J connectivity index is 2.09. The maximum absolute atomic E-state index is 5.88. The quantitative estimate of drug-likeness (QED) is 0.844. The van der Waals surface area contributed by atoms with Crippen LogP contribution in [0.2, 0.25) is 0 Å². The molecular formula is C14H19N3O2. The number of pyridine rings is 1. The predicted octanol–water partition coefficient (Wildman–Crippen LogP) is 1.76. The molecule has 3 heterocycles. The smallest absolute Gasteiger partial charge is 0.240 e. The molecule has 0 unspecified atom stereocenters. The predicted molar refractivity (Wildman–Crippen MR) is 73.9 cm³/mol. The zero-order chi connectivity index (χ0) is 13.2. The monoisotopic (exact) mass is 261 g/mol. The van der Waals surface area contributed by atoms with Crippen molar-refractivity contribution < 1.29 is 9.47 Å². The number of ether oxygens (including phenoxy) is 2. The van der Waals surface area contributed by atoms with Crippen molar-refractivity contribution in [3.8, 4) is 11.6 Å². The topological polar surface area (TPSA) is 39.5 Å². The second-order valence-electron chi connectivity index (χ2n) is 5.01. The van der Waals surface area contributed by atoms with E-state index in [1.54, 1.807) is 6.20 Å². The van der Waals surface area contributed by atoms with E-state index in [9.17, 15) is 0 Å². The van der Waals surface area contributed by atoms with Crippen LogP contribution in [0.4, 0.5) is 0 Å². The molecule has 102 valence electrons. The molecule has 0 amide bonds. The van der Waals surface area contributed by atoms with E-state index in [0.29, 0.717) is 13.2 Å². The summed E-state index contributed by atoms with van der Waals surface area (Å²) in [5, 5.41) is 0. The van der Waals surface area contributed by atoms with Gasteiger partial charge in [-0.1, -0.05) is 0 Å². The fraction of sp³-hybridized carbons (Fsp3) is 0.500. The van der Waals surface area contributed by atoms with E-state index >= 15 is 0 Å². The van der Waals surface area contributed by atoms with Gasteiger partial charge in [0.1, 0.15) is 5.52 Å². The number of nitrogens with zero attached hydrogens (tertiary/aromatic N) is 3. The van der Waals surface area contributed by atoms with Gasteiger partial charge in [0.05, 0.1) is 18.7 Å². The van der Waals surface area contributed by atoms with Crippen molar-refractivity contribution in [2.75, 3.05) is 33.9 Å². The third-order valence-electron chi connectivity index (χ3n) is 3.28. The lowest BCUT2D eigenvalue weighted by atomic mass is 10.3. The number of likely N-dealkylation sites (N-methyl/N-ethyl adjacent to an activating group) is 1. The number of hydrogen-bond acceptors (Lipinski definition) is 4. The van der Waals surface area contributed by atoms with Gasteiger partial charge in [-0.2, -0.15) is 0 Å². The number of fused-ring (bicyclic) bond motifs is 3. The summed E-state index contributed by atoms with van der Waals surface area (Å²) in [7, 11) is 4.14. The molecule has 0 saturated heterocycles.